The van der Waals surface area contributed by atoms with Crippen LogP contribution in [0.25, 0.3) is 0 Å². The number of aliphatic hydroxyl groups is 1. The average Bonchev–Trinajstić information content (AvgIpc) is 2.40. The van der Waals surface area contributed by atoms with E-state index in [1.807, 2.05) is 20.8 Å². The predicted molar refractivity (Wildman–Crippen MR) is 34.1 cm³/mol. The molecule has 1 heterocycles. The molecule has 0 fully saturated rings. The summed E-state index contributed by atoms with van der Waals surface area (Å²) in [5, 5.41) is 16.4. The van der Waals surface area contributed by atoms with Crippen LogP contribution < -0.4 is 0 Å². The highest BCUT2D eigenvalue weighted by atomic mass is 16.3. The van der Waals surface area contributed by atoms with E-state index in [9.17, 15) is 0 Å². The van der Waals surface area contributed by atoms with Gasteiger partial charge in [0.25, 0.3) is 0 Å². The standard InChI is InChI=1S/C6H12N2O/c1-5(2,3)6(4-9)7-8-6/h9H,4H2,1-3H3. The maximum atomic E-state index is 8.80. The van der Waals surface area contributed by atoms with Crippen molar-refractivity contribution in [2.75, 3.05) is 6.61 Å². The number of hydrogen-bond acceptors (Lipinski definition) is 3. The van der Waals surface area contributed by atoms with Gasteiger partial charge in [-0.2, -0.15) is 10.2 Å². The average molecular weight is 128 g/mol. The molecule has 0 radical (unpaired) electrons. The van der Waals surface area contributed by atoms with Gasteiger partial charge >= 0.3 is 0 Å². The summed E-state index contributed by atoms with van der Waals surface area (Å²) in [6.45, 7) is 6.09. The van der Waals surface area contributed by atoms with Gasteiger partial charge in [0, 0.05) is 5.41 Å². The van der Waals surface area contributed by atoms with Gasteiger partial charge in [0.15, 0.2) is 0 Å². The second-order valence-electron chi connectivity index (χ2n) is 3.42. The Labute approximate surface area is 54.8 Å². The molecule has 0 unspecified atom stereocenters. The molecule has 0 atom stereocenters. The van der Waals surface area contributed by atoms with E-state index in [2.05, 4.69) is 10.2 Å². The molecule has 52 valence electrons. The first-order valence-electron chi connectivity index (χ1n) is 3.07. The van der Waals surface area contributed by atoms with Crippen LogP contribution in [0.15, 0.2) is 10.2 Å². The summed E-state index contributed by atoms with van der Waals surface area (Å²) in [5.41, 5.74) is -0.491. The number of nitrogens with zero attached hydrogens (tertiary/aromatic N) is 2. The van der Waals surface area contributed by atoms with E-state index in [0.29, 0.717) is 0 Å². The third-order valence-corrected chi connectivity index (χ3v) is 1.76. The monoisotopic (exact) mass is 128 g/mol. The first-order chi connectivity index (χ1) is 4.02. The molecule has 0 aliphatic carbocycles. The van der Waals surface area contributed by atoms with E-state index in [4.69, 9.17) is 5.11 Å². The van der Waals surface area contributed by atoms with Crippen LogP contribution in [0.1, 0.15) is 20.8 Å². The quantitative estimate of drug-likeness (QED) is 0.566. The normalized spacial score (nSPS) is 22.2. The molecule has 0 saturated carbocycles. The Kier molecular flexibility index (Phi) is 1.14. The van der Waals surface area contributed by atoms with E-state index in [1.165, 1.54) is 0 Å². The number of hydrogen-bond donors (Lipinski definition) is 1. The fourth-order valence-corrected chi connectivity index (χ4v) is 0.661. The minimum atomic E-state index is -0.465. The predicted octanol–water partition coefficient (Wildman–Crippen LogP) is 1.19. The fraction of sp³-hybridized carbons (Fsp3) is 1.00. The van der Waals surface area contributed by atoms with Crippen molar-refractivity contribution in [3.8, 4) is 0 Å². The van der Waals surface area contributed by atoms with Gasteiger partial charge in [-0.25, -0.2) is 0 Å². The van der Waals surface area contributed by atoms with Crippen molar-refractivity contribution in [3.63, 3.8) is 0 Å². The van der Waals surface area contributed by atoms with Gasteiger partial charge in [-0.15, -0.1) is 0 Å². The molecule has 3 nitrogen and oxygen atoms in total. The van der Waals surface area contributed by atoms with Crippen molar-refractivity contribution in [1.82, 2.24) is 0 Å². The Balaban J connectivity index is 2.61. The highest BCUT2D eigenvalue weighted by Gasteiger charge is 2.50. The first-order valence-corrected chi connectivity index (χ1v) is 3.07. The smallest absolute Gasteiger partial charge is 0.218 e. The molecule has 0 spiro atoms. The molecule has 0 amide bonds. The molecule has 1 rings (SSSR count). The van der Waals surface area contributed by atoms with Gasteiger partial charge in [-0.3, -0.25) is 0 Å². The van der Waals surface area contributed by atoms with Crippen molar-refractivity contribution in [3.05, 3.63) is 0 Å². The lowest BCUT2D eigenvalue weighted by Crippen LogP contribution is -2.33. The molecular weight excluding hydrogens is 116 g/mol. The van der Waals surface area contributed by atoms with Gasteiger partial charge in [0.2, 0.25) is 5.66 Å². The van der Waals surface area contributed by atoms with Crippen LogP contribution in [0.4, 0.5) is 0 Å². The van der Waals surface area contributed by atoms with E-state index in [1.54, 1.807) is 0 Å². The molecule has 0 aromatic rings. The largest absolute Gasteiger partial charge is 0.392 e. The molecule has 0 aromatic heterocycles. The second kappa shape index (κ2) is 1.53. The molecule has 9 heavy (non-hydrogen) atoms. The van der Waals surface area contributed by atoms with Crippen molar-refractivity contribution in [2.24, 2.45) is 15.6 Å². The van der Waals surface area contributed by atoms with E-state index >= 15 is 0 Å². The topological polar surface area (TPSA) is 45.0 Å². The van der Waals surface area contributed by atoms with Crippen LogP contribution in [0.3, 0.4) is 0 Å². The zero-order valence-corrected chi connectivity index (χ0v) is 6.05. The molecule has 3 heteroatoms. The maximum Gasteiger partial charge on any atom is 0.218 e. The summed E-state index contributed by atoms with van der Waals surface area (Å²) in [6, 6.07) is 0. The van der Waals surface area contributed by atoms with Crippen molar-refractivity contribution in [1.29, 1.82) is 0 Å². The molecule has 0 aromatic carbocycles. The van der Waals surface area contributed by atoms with Crippen LogP contribution >= 0.6 is 0 Å². The third-order valence-electron chi connectivity index (χ3n) is 1.76. The Morgan fingerprint density at radius 1 is 1.33 bits per heavy atom. The second-order valence-corrected chi connectivity index (χ2v) is 3.42. The minimum Gasteiger partial charge on any atom is -0.392 e. The van der Waals surface area contributed by atoms with Gasteiger partial charge < -0.3 is 5.11 Å². The molecular formula is C6H12N2O. The lowest BCUT2D eigenvalue weighted by Gasteiger charge is -2.23. The van der Waals surface area contributed by atoms with Crippen molar-refractivity contribution < 1.29 is 5.11 Å². The zero-order valence-electron chi connectivity index (χ0n) is 6.05. The van der Waals surface area contributed by atoms with E-state index < -0.39 is 5.66 Å². The van der Waals surface area contributed by atoms with Gasteiger partial charge in [0.05, 0.1) is 6.61 Å². The highest BCUT2D eigenvalue weighted by molar-refractivity contribution is 5.02. The summed E-state index contributed by atoms with van der Waals surface area (Å²) in [4.78, 5) is 0. The third kappa shape index (κ3) is 0.852. The van der Waals surface area contributed by atoms with Crippen molar-refractivity contribution in [2.45, 2.75) is 26.4 Å². The molecule has 1 N–H and O–H groups in total. The minimum absolute atomic E-state index is 0.0260. The summed E-state index contributed by atoms with van der Waals surface area (Å²) in [5.74, 6) is 0. The van der Waals surface area contributed by atoms with E-state index in [-0.39, 0.29) is 12.0 Å². The Morgan fingerprint density at radius 2 is 1.78 bits per heavy atom. The van der Waals surface area contributed by atoms with Crippen LogP contribution in [0.2, 0.25) is 0 Å². The Morgan fingerprint density at radius 3 is 1.78 bits per heavy atom. The lowest BCUT2D eigenvalue weighted by molar-refractivity contribution is 0.156. The molecule has 0 bridgehead atoms. The van der Waals surface area contributed by atoms with Gasteiger partial charge in [-0.05, 0) is 0 Å². The van der Waals surface area contributed by atoms with Gasteiger partial charge in [0.1, 0.15) is 0 Å². The summed E-state index contributed by atoms with van der Waals surface area (Å²) >= 11 is 0. The first kappa shape index (κ1) is 6.68. The molecule has 1 aliphatic rings. The van der Waals surface area contributed by atoms with Crippen molar-refractivity contribution >= 4 is 0 Å². The van der Waals surface area contributed by atoms with Gasteiger partial charge in [-0.1, -0.05) is 20.8 Å². The van der Waals surface area contributed by atoms with Crippen LogP contribution in [-0.4, -0.2) is 17.4 Å². The summed E-state index contributed by atoms with van der Waals surface area (Å²) in [7, 11) is 0. The molecule has 1 aliphatic heterocycles. The van der Waals surface area contributed by atoms with E-state index in [0.717, 1.165) is 0 Å². The zero-order chi connectivity index (χ0) is 7.12. The Bertz CT molecular complexity index is 140. The van der Waals surface area contributed by atoms with Crippen LogP contribution in [0, 0.1) is 5.41 Å². The van der Waals surface area contributed by atoms with Crippen LogP contribution in [0.5, 0.6) is 0 Å². The summed E-state index contributed by atoms with van der Waals surface area (Å²) < 4.78 is 0. The number of rotatable bonds is 1. The fourth-order valence-electron chi connectivity index (χ4n) is 0.661. The summed E-state index contributed by atoms with van der Waals surface area (Å²) in [6.07, 6.45) is 0. The maximum absolute atomic E-state index is 8.80. The van der Waals surface area contributed by atoms with Crippen LogP contribution in [-0.2, 0) is 0 Å². The molecule has 0 saturated heterocycles. The lowest BCUT2D eigenvalue weighted by atomic mass is 9.84. The highest BCUT2D eigenvalue weighted by Crippen LogP contribution is 2.43. The Hall–Kier alpha value is -0.440. The number of aliphatic hydroxyl groups excluding tert-OH is 1. The SMILES string of the molecule is CC(C)(C)C1(CO)N=N1.